The van der Waals surface area contributed by atoms with Crippen molar-refractivity contribution in [1.82, 2.24) is 0 Å². The summed E-state index contributed by atoms with van der Waals surface area (Å²) in [4.78, 5) is 53.6. The van der Waals surface area contributed by atoms with Crippen LogP contribution in [0.15, 0.2) is 113 Å². The van der Waals surface area contributed by atoms with Crippen molar-refractivity contribution in [3.63, 3.8) is 0 Å². The van der Waals surface area contributed by atoms with Crippen LogP contribution in [0.3, 0.4) is 0 Å². The summed E-state index contributed by atoms with van der Waals surface area (Å²) in [6.07, 6.45) is 0.0193. The number of nitro benzene ring substituents is 2. The molecule has 4 aromatic carbocycles. The number of anilines is 4. The lowest BCUT2D eigenvalue weighted by molar-refractivity contribution is -0.385. The Morgan fingerprint density at radius 1 is 0.673 bits per heavy atom. The highest BCUT2D eigenvalue weighted by atomic mass is 16.6. The number of nitro groups is 2. The van der Waals surface area contributed by atoms with Crippen LogP contribution in [0.2, 0.25) is 0 Å². The van der Waals surface area contributed by atoms with Crippen LogP contribution in [0.4, 0.5) is 34.1 Å². The van der Waals surface area contributed by atoms with Gasteiger partial charge in [0.25, 0.3) is 11.4 Å². The molecule has 0 saturated heterocycles. The third kappa shape index (κ3) is 5.14. The van der Waals surface area contributed by atoms with Gasteiger partial charge in [0.1, 0.15) is 5.66 Å². The van der Waals surface area contributed by atoms with Gasteiger partial charge in [-0.25, -0.2) is 19.6 Å². The first-order valence-electron chi connectivity index (χ1n) is 16.4. The van der Waals surface area contributed by atoms with Gasteiger partial charge in [0.2, 0.25) is 11.7 Å². The molecule has 16 heteroatoms. The van der Waals surface area contributed by atoms with Gasteiger partial charge < -0.3 is 9.47 Å². The molecule has 4 aromatic rings. The maximum absolute atomic E-state index is 14.0. The third-order valence-electron chi connectivity index (χ3n) is 9.18. The fraction of sp³-hybridized carbons (Fsp3) is 0.222. The minimum absolute atomic E-state index is 0.0193. The van der Waals surface area contributed by atoms with Crippen molar-refractivity contribution in [2.24, 2.45) is 10.2 Å². The zero-order valence-corrected chi connectivity index (χ0v) is 28.3. The van der Waals surface area contributed by atoms with Crippen molar-refractivity contribution < 1.29 is 28.9 Å². The summed E-state index contributed by atoms with van der Waals surface area (Å²) in [7, 11) is 0. The average Bonchev–Trinajstić information content (AvgIpc) is 3.61. The number of rotatable bonds is 9. The molecule has 0 unspecified atom stereocenters. The molecule has 16 nitrogen and oxygen atoms in total. The van der Waals surface area contributed by atoms with Crippen LogP contribution in [0.1, 0.15) is 32.8 Å². The monoisotopic (exact) mass is 704 g/mol. The molecule has 3 heterocycles. The fourth-order valence-corrected chi connectivity index (χ4v) is 7.12. The smallest absolute Gasteiger partial charge is 0.376 e. The molecule has 0 bridgehead atoms. The van der Waals surface area contributed by atoms with E-state index in [-0.39, 0.29) is 42.7 Å². The Bertz CT molecular complexity index is 2140. The number of hydrogen-bond donors (Lipinski definition) is 0. The molecule has 264 valence electrons. The lowest BCUT2D eigenvalue weighted by Gasteiger charge is -2.48. The van der Waals surface area contributed by atoms with Crippen molar-refractivity contribution >= 4 is 57.7 Å². The topological polar surface area (TPSA) is 177 Å². The lowest BCUT2D eigenvalue weighted by Crippen LogP contribution is -2.62. The van der Waals surface area contributed by atoms with E-state index in [0.717, 1.165) is 0 Å². The van der Waals surface area contributed by atoms with Gasteiger partial charge >= 0.3 is 11.9 Å². The summed E-state index contributed by atoms with van der Waals surface area (Å²) in [5.74, 6) is -1.56. The Morgan fingerprint density at radius 3 is 1.62 bits per heavy atom. The van der Waals surface area contributed by atoms with E-state index in [2.05, 4.69) is 0 Å². The van der Waals surface area contributed by atoms with E-state index in [0.29, 0.717) is 28.3 Å². The van der Waals surface area contributed by atoms with Crippen molar-refractivity contribution in [3.8, 4) is 0 Å². The Kier molecular flexibility index (Phi) is 8.28. The van der Waals surface area contributed by atoms with Crippen LogP contribution in [0.25, 0.3) is 0 Å². The molecule has 0 amide bonds. The number of fused-ring (bicyclic) bond motifs is 5. The molecule has 52 heavy (non-hydrogen) atoms. The number of ether oxygens (including phenoxy) is 2. The number of amidine groups is 2. The van der Waals surface area contributed by atoms with Crippen molar-refractivity contribution in [1.29, 1.82) is 0 Å². The summed E-state index contributed by atoms with van der Waals surface area (Å²) in [6.45, 7) is 5.35. The number of hydrazone groups is 2. The second-order valence-electron chi connectivity index (χ2n) is 12.2. The molecule has 2 atom stereocenters. The predicted octanol–water partition coefficient (Wildman–Crippen LogP) is 5.88. The molecular weight excluding hydrogens is 672 g/mol. The Balaban J connectivity index is 1.56. The normalized spacial score (nSPS) is 20.2. The highest BCUT2D eigenvalue weighted by Crippen LogP contribution is 2.57. The van der Waals surface area contributed by atoms with Crippen molar-refractivity contribution in [2.45, 2.75) is 38.5 Å². The highest BCUT2D eigenvalue weighted by Gasteiger charge is 2.64. The quantitative estimate of drug-likeness (QED) is 0.115. The van der Waals surface area contributed by atoms with E-state index in [4.69, 9.17) is 19.7 Å². The average molecular weight is 705 g/mol. The van der Waals surface area contributed by atoms with Gasteiger partial charge in [-0.1, -0.05) is 42.5 Å². The summed E-state index contributed by atoms with van der Waals surface area (Å²) in [6, 6.07) is 28.1. The van der Waals surface area contributed by atoms with Gasteiger partial charge in [0, 0.05) is 36.2 Å². The maximum atomic E-state index is 14.0. The molecule has 0 aromatic heterocycles. The van der Waals surface area contributed by atoms with E-state index in [1.807, 2.05) is 37.3 Å². The van der Waals surface area contributed by atoms with Crippen LogP contribution in [0.5, 0.6) is 0 Å². The Hall–Kier alpha value is -6.84. The molecule has 0 radical (unpaired) electrons. The molecule has 0 fully saturated rings. The van der Waals surface area contributed by atoms with E-state index < -0.39 is 33.1 Å². The zero-order chi connectivity index (χ0) is 36.8. The zero-order valence-electron chi connectivity index (χ0n) is 28.3. The third-order valence-corrected chi connectivity index (χ3v) is 9.18. The SMILES string of the molecule is CCOC(=O)C1=NN(c2ccc([N+](=O)[O-])cc2)[C@@]2(C)C[C@]3(c4ccccc4)N(c4ccc([N+](=O)[O-])cc4)N=C(C(=O)OCC)N3c3ccccc3N12. The molecule has 0 saturated carbocycles. The largest absolute Gasteiger partial charge is 0.460 e. The first-order chi connectivity index (χ1) is 25.0. The molecule has 0 aliphatic carbocycles. The number of esters is 2. The predicted molar refractivity (Wildman–Crippen MR) is 192 cm³/mol. The fourth-order valence-electron chi connectivity index (χ4n) is 7.12. The second-order valence-corrected chi connectivity index (χ2v) is 12.2. The summed E-state index contributed by atoms with van der Waals surface area (Å²) in [5, 5.41) is 36.3. The number of benzene rings is 4. The van der Waals surface area contributed by atoms with Gasteiger partial charge in [0.15, 0.2) is 5.66 Å². The van der Waals surface area contributed by atoms with Crippen molar-refractivity contribution in [2.75, 3.05) is 33.0 Å². The van der Waals surface area contributed by atoms with Crippen LogP contribution < -0.4 is 19.8 Å². The van der Waals surface area contributed by atoms with Gasteiger partial charge in [-0.15, -0.1) is 10.2 Å². The molecule has 0 spiro atoms. The maximum Gasteiger partial charge on any atom is 0.376 e. The highest BCUT2D eigenvalue weighted by molar-refractivity contribution is 6.45. The first kappa shape index (κ1) is 33.6. The van der Waals surface area contributed by atoms with Crippen molar-refractivity contribution in [3.05, 3.63) is 129 Å². The number of nitrogens with zero attached hydrogens (tertiary/aromatic N) is 8. The molecule has 3 aliphatic heterocycles. The Morgan fingerprint density at radius 2 is 1.12 bits per heavy atom. The van der Waals surface area contributed by atoms with Crippen LogP contribution >= 0.6 is 0 Å². The standard InChI is InChI=1S/C36H32N8O8/c1-4-51-33(45)31-37-41(25-15-19-27(20-16-25)43(47)48)35(3)23-36(24-11-7-6-8-12-24)40(30-14-10-9-13-29(30)39(31)35)32(34(46)52-5-2)38-42(36)26-17-21-28(22-18-26)44(49)50/h6-22H,4-5,23H2,1-3H3/t35-,36+/m0/s1. The molecular formula is C36H32N8O8. The summed E-state index contributed by atoms with van der Waals surface area (Å²) in [5.41, 5.74) is -0.573. The second kappa shape index (κ2) is 12.8. The van der Waals surface area contributed by atoms with Gasteiger partial charge in [0.05, 0.1) is 45.8 Å². The minimum Gasteiger partial charge on any atom is -0.460 e. The minimum atomic E-state index is -1.43. The molecule has 3 aliphatic rings. The van der Waals surface area contributed by atoms with Gasteiger partial charge in [-0.2, -0.15) is 0 Å². The summed E-state index contributed by atoms with van der Waals surface area (Å²) >= 11 is 0. The van der Waals surface area contributed by atoms with E-state index in [1.165, 1.54) is 24.3 Å². The number of carbonyl (C=O) groups excluding carboxylic acids is 2. The first-order valence-corrected chi connectivity index (χ1v) is 16.4. The van der Waals surface area contributed by atoms with E-state index in [9.17, 15) is 29.8 Å². The van der Waals surface area contributed by atoms with E-state index in [1.54, 1.807) is 82.2 Å². The van der Waals surface area contributed by atoms with Gasteiger partial charge in [-0.05, 0) is 57.2 Å². The van der Waals surface area contributed by atoms with Crippen LogP contribution in [0, 0.1) is 20.2 Å². The van der Waals surface area contributed by atoms with Crippen LogP contribution in [-0.2, 0) is 24.7 Å². The lowest BCUT2D eigenvalue weighted by atomic mass is 9.86. The van der Waals surface area contributed by atoms with Gasteiger partial charge in [-0.3, -0.25) is 30.0 Å². The van der Waals surface area contributed by atoms with E-state index >= 15 is 0 Å². The number of non-ortho nitro benzene ring substituents is 2. The summed E-state index contributed by atoms with van der Waals surface area (Å²) < 4.78 is 11.1. The molecule has 0 N–H and O–H groups in total. The number of carbonyl (C=O) groups is 2. The molecule has 7 rings (SSSR count). The number of para-hydroxylation sites is 2. The Labute approximate surface area is 297 Å². The number of hydrogen-bond acceptors (Lipinski definition) is 14. The van der Waals surface area contributed by atoms with Crippen LogP contribution in [-0.4, -0.2) is 52.3 Å².